The van der Waals surface area contributed by atoms with Crippen molar-refractivity contribution in [1.82, 2.24) is 9.80 Å². The van der Waals surface area contributed by atoms with Gasteiger partial charge in [0, 0.05) is 20.1 Å². The lowest BCUT2D eigenvalue weighted by Gasteiger charge is -2.24. The molecule has 1 aromatic rings. The highest BCUT2D eigenvalue weighted by Crippen LogP contribution is 2.04. The molecule has 0 aliphatic heterocycles. The molecule has 1 atom stereocenters. The molecule has 0 spiro atoms. The van der Waals surface area contributed by atoms with Crippen LogP contribution < -0.4 is 0 Å². The van der Waals surface area contributed by atoms with Crippen LogP contribution in [0.5, 0.6) is 0 Å². The van der Waals surface area contributed by atoms with Gasteiger partial charge in [0.1, 0.15) is 0 Å². The standard InChI is InChI=1S/C16H23N3O/c1-4-19(11-14(2)10-17)13-16(20)18(3)12-15-8-6-5-7-9-15/h5-9,14H,4,11-13H2,1-3H3/t14-/m1/s1. The van der Waals surface area contributed by atoms with E-state index in [4.69, 9.17) is 5.26 Å². The molecule has 0 radical (unpaired) electrons. The van der Waals surface area contributed by atoms with Crippen molar-refractivity contribution in [1.29, 1.82) is 5.26 Å². The number of hydrogen-bond acceptors (Lipinski definition) is 3. The minimum atomic E-state index is -0.0535. The van der Waals surface area contributed by atoms with Crippen LogP contribution >= 0.6 is 0 Å². The van der Waals surface area contributed by atoms with Gasteiger partial charge in [0.15, 0.2) is 0 Å². The summed E-state index contributed by atoms with van der Waals surface area (Å²) in [6.07, 6.45) is 0. The van der Waals surface area contributed by atoms with Crippen LogP contribution in [0.25, 0.3) is 0 Å². The maximum absolute atomic E-state index is 12.2. The molecule has 4 nitrogen and oxygen atoms in total. The zero-order valence-electron chi connectivity index (χ0n) is 12.5. The number of amides is 1. The van der Waals surface area contributed by atoms with Crippen LogP contribution in [0.2, 0.25) is 0 Å². The van der Waals surface area contributed by atoms with Gasteiger partial charge in [-0.15, -0.1) is 0 Å². The number of carbonyl (C=O) groups is 1. The highest BCUT2D eigenvalue weighted by Gasteiger charge is 2.15. The van der Waals surface area contributed by atoms with Gasteiger partial charge in [0.05, 0.1) is 18.5 Å². The second kappa shape index (κ2) is 8.34. The number of benzene rings is 1. The molecule has 0 aliphatic rings. The van der Waals surface area contributed by atoms with Gasteiger partial charge in [0.2, 0.25) is 5.91 Å². The molecular formula is C16H23N3O. The fourth-order valence-corrected chi connectivity index (χ4v) is 1.99. The van der Waals surface area contributed by atoms with Gasteiger partial charge >= 0.3 is 0 Å². The van der Waals surface area contributed by atoms with E-state index in [2.05, 4.69) is 6.07 Å². The van der Waals surface area contributed by atoms with Crippen LogP contribution in [0.3, 0.4) is 0 Å². The van der Waals surface area contributed by atoms with Gasteiger partial charge in [-0.05, 0) is 19.0 Å². The monoisotopic (exact) mass is 273 g/mol. The molecule has 1 rings (SSSR count). The Morgan fingerprint density at radius 1 is 1.35 bits per heavy atom. The Labute approximate surface area is 121 Å². The molecule has 1 aromatic carbocycles. The third-order valence-electron chi connectivity index (χ3n) is 3.25. The normalized spacial score (nSPS) is 11.9. The highest BCUT2D eigenvalue weighted by molar-refractivity contribution is 5.78. The third kappa shape index (κ3) is 5.41. The van der Waals surface area contributed by atoms with Crippen molar-refractivity contribution in [3.8, 4) is 6.07 Å². The topological polar surface area (TPSA) is 47.3 Å². The Hall–Kier alpha value is -1.86. The summed E-state index contributed by atoms with van der Waals surface area (Å²) in [6, 6.07) is 12.1. The molecule has 0 heterocycles. The Balaban J connectivity index is 2.50. The van der Waals surface area contributed by atoms with Gasteiger partial charge in [-0.1, -0.05) is 37.3 Å². The van der Waals surface area contributed by atoms with E-state index in [1.54, 1.807) is 4.90 Å². The lowest BCUT2D eigenvalue weighted by Crippen LogP contribution is -2.39. The van der Waals surface area contributed by atoms with Crippen molar-refractivity contribution in [2.45, 2.75) is 20.4 Å². The Morgan fingerprint density at radius 3 is 2.55 bits per heavy atom. The van der Waals surface area contributed by atoms with E-state index in [0.717, 1.165) is 12.1 Å². The molecule has 0 aliphatic carbocycles. The molecule has 1 amide bonds. The quantitative estimate of drug-likeness (QED) is 0.764. The van der Waals surface area contributed by atoms with Crippen LogP contribution in [0.15, 0.2) is 30.3 Å². The van der Waals surface area contributed by atoms with E-state index in [1.165, 1.54) is 0 Å². The fourth-order valence-electron chi connectivity index (χ4n) is 1.99. The summed E-state index contributed by atoms with van der Waals surface area (Å²) in [4.78, 5) is 15.9. The summed E-state index contributed by atoms with van der Waals surface area (Å²) in [5, 5.41) is 8.85. The van der Waals surface area contributed by atoms with Crippen molar-refractivity contribution < 1.29 is 4.79 Å². The number of nitriles is 1. The van der Waals surface area contributed by atoms with Crippen LogP contribution in [-0.2, 0) is 11.3 Å². The minimum Gasteiger partial charge on any atom is -0.340 e. The predicted octanol–water partition coefficient (Wildman–Crippen LogP) is 2.13. The van der Waals surface area contributed by atoms with Gasteiger partial charge in [-0.2, -0.15) is 5.26 Å². The van der Waals surface area contributed by atoms with E-state index in [-0.39, 0.29) is 11.8 Å². The largest absolute Gasteiger partial charge is 0.340 e. The van der Waals surface area contributed by atoms with Gasteiger partial charge in [0.25, 0.3) is 0 Å². The van der Waals surface area contributed by atoms with Gasteiger partial charge in [-0.3, -0.25) is 9.69 Å². The average molecular weight is 273 g/mol. The first-order valence-corrected chi connectivity index (χ1v) is 6.96. The van der Waals surface area contributed by atoms with E-state index < -0.39 is 0 Å². The second-order valence-corrected chi connectivity index (χ2v) is 5.09. The van der Waals surface area contributed by atoms with Crippen LogP contribution in [0, 0.1) is 17.2 Å². The molecule has 4 heteroatoms. The van der Waals surface area contributed by atoms with E-state index in [9.17, 15) is 4.79 Å². The molecule has 0 bridgehead atoms. The van der Waals surface area contributed by atoms with Gasteiger partial charge in [-0.25, -0.2) is 0 Å². The Kier molecular flexibility index (Phi) is 6.75. The molecule has 20 heavy (non-hydrogen) atoms. The summed E-state index contributed by atoms with van der Waals surface area (Å²) >= 11 is 0. The Morgan fingerprint density at radius 2 is 2.00 bits per heavy atom. The lowest BCUT2D eigenvalue weighted by molar-refractivity contribution is -0.131. The molecule has 108 valence electrons. The van der Waals surface area contributed by atoms with E-state index in [1.807, 2.05) is 56.1 Å². The van der Waals surface area contributed by atoms with Crippen molar-refractivity contribution in [3.05, 3.63) is 35.9 Å². The summed E-state index contributed by atoms with van der Waals surface area (Å²) < 4.78 is 0. The zero-order chi connectivity index (χ0) is 15.0. The fraction of sp³-hybridized carbons (Fsp3) is 0.500. The summed E-state index contributed by atoms with van der Waals surface area (Å²) in [5.41, 5.74) is 1.12. The maximum Gasteiger partial charge on any atom is 0.236 e. The van der Waals surface area contributed by atoms with Crippen LogP contribution in [0.1, 0.15) is 19.4 Å². The van der Waals surface area contributed by atoms with E-state index >= 15 is 0 Å². The minimum absolute atomic E-state index is 0.0535. The smallest absolute Gasteiger partial charge is 0.236 e. The number of rotatable bonds is 7. The predicted molar refractivity (Wildman–Crippen MR) is 79.8 cm³/mol. The first-order valence-electron chi connectivity index (χ1n) is 6.96. The molecule has 0 aromatic heterocycles. The van der Waals surface area contributed by atoms with Gasteiger partial charge < -0.3 is 4.90 Å². The molecule has 0 fully saturated rings. The highest BCUT2D eigenvalue weighted by atomic mass is 16.2. The second-order valence-electron chi connectivity index (χ2n) is 5.09. The summed E-state index contributed by atoms with van der Waals surface area (Å²) in [6.45, 7) is 6.28. The first kappa shape index (κ1) is 16.2. The van der Waals surface area contributed by atoms with Crippen molar-refractivity contribution in [2.24, 2.45) is 5.92 Å². The molecule has 0 unspecified atom stereocenters. The summed E-state index contributed by atoms with van der Waals surface area (Å²) in [7, 11) is 1.82. The molecule has 0 saturated heterocycles. The van der Waals surface area contributed by atoms with Crippen LogP contribution in [-0.4, -0.2) is 42.4 Å². The van der Waals surface area contributed by atoms with Crippen molar-refractivity contribution in [2.75, 3.05) is 26.7 Å². The average Bonchev–Trinajstić information content (AvgIpc) is 2.47. The number of hydrogen-bond donors (Lipinski definition) is 0. The van der Waals surface area contributed by atoms with Crippen LogP contribution in [0.4, 0.5) is 0 Å². The lowest BCUT2D eigenvalue weighted by atomic mass is 10.2. The number of nitrogens with zero attached hydrogens (tertiary/aromatic N) is 3. The molecular weight excluding hydrogens is 250 g/mol. The Bertz CT molecular complexity index is 453. The molecule has 0 N–H and O–H groups in total. The number of likely N-dealkylation sites (N-methyl/N-ethyl adjacent to an activating group) is 2. The van der Waals surface area contributed by atoms with Crippen molar-refractivity contribution in [3.63, 3.8) is 0 Å². The molecule has 0 saturated carbocycles. The van der Waals surface area contributed by atoms with E-state index in [0.29, 0.717) is 19.6 Å². The first-order chi connectivity index (χ1) is 9.56. The summed E-state index contributed by atoms with van der Waals surface area (Å²) in [5.74, 6) is 0.0306. The SMILES string of the molecule is CCN(CC(=O)N(C)Cc1ccccc1)C[C@H](C)C#N. The zero-order valence-corrected chi connectivity index (χ0v) is 12.5. The third-order valence-corrected chi connectivity index (χ3v) is 3.25. The number of carbonyl (C=O) groups excluding carboxylic acids is 1. The maximum atomic E-state index is 12.2. The van der Waals surface area contributed by atoms with Crippen molar-refractivity contribution >= 4 is 5.91 Å².